The molecule has 6 heteroatoms. The maximum absolute atomic E-state index is 13.3. The molecular weight excluding hydrogens is 394 g/mol. The van der Waals surface area contributed by atoms with Crippen LogP contribution in [0.15, 0.2) is 51.1 Å². The molecular formula is C20H20BrN3O2. The fourth-order valence-corrected chi connectivity index (χ4v) is 3.53. The second kappa shape index (κ2) is 7.00. The van der Waals surface area contributed by atoms with Crippen LogP contribution in [0.2, 0.25) is 0 Å². The third kappa shape index (κ3) is 3.15. The van der Waals surface area contributed by atoms with Crippen molar-refractivity contribution in [1.29, 1.82) is 5.26 Å². The number of ether oxygens (including phenoxy) is 1. The Kier molecular flexibility index (Phi) is 4.92. The Labute approximate surface area is 160 Å². The summed E-state index contributed by atoms with van der Waals surface area (Å²) >= 11 is 3.42. The molecule has 1 aromatic carbocycles. The molecule has 134 valence electrons. The normalized spacial score (nSPS) is 16.2. The van der Waals surface area contributed by atoms with E-state index in [1.165, 1.54) is 0 Å². The summed E-state index contributed by atoms with van der Waals surface area (Å²) in [5, 5.41) is 9.65. The van der Waals surface area contributed by atoms with E-state index in [-0.39, 0.29) is 17.0 Å². The average Bonchev–Trinajstić information content (AvgIpc) is 2.58. The highest BCUT2D eigenvalue weighted by Crippen LogP contribution is 2.40. The van der Waals surface area contributed by atoms with Crippen LogP contribution in [0, 0.1) is 24.2 Å². The molecule has 5 nitrogen and oxygen atoms in total. The molecule has 3 rings (SSSR count). The third-order valence-corrected chi connectivity index (χ3v) is 4.97. The minimum Gasteiger partial charge on any atom is -0.440 e. The molecule has 0 saturated heterocycles. The number of benzene rings is 1. The van der Waals surface area contributed by atoms with E-state index in [9.17, 15) is 10.1 Å². The predicted octanol–water partition coefficient (Wildman–Crippen LogP) is 3.79. The summed E-state index contributed by atoms with van der Waals surface area (Å²) in [5.41, 5.74) is 8.22. The summed E-state index contributed by atoms with van der Waals surface area (Å²) in [6.07, 6.45) is 0. The number of nitrogens with two attached hydrogens (primary N) is 1. The van der Waals surface area contributed by atoms with Crippen molar-refractivity contribution in [1.82, 2.24) is 4.57 Å². The van der Waals surface area contributed by atoms with E-state index >= 15 is 0 Å². The Morgan fingerprint density at radius 2 is 2.00 bits per heavy atom. The first-order chi connectivity index (χ1) is 12.3. The van der Waals surface area contributed by atoms with Crippen LogP contribution in [0.5, 0.6) is 5.75 Å². The van der Waals surface area contributed by atoms with E-state index in [0.717, 1.165) is 15.7 Å². The van der Waals surface area contributed by atoms with Gasteiger partial charge in [0.05, 0.1) is 11.5 Å². The van der Waals surface area contributed by atoms with Gasteiger partial charge in [-0.3, -0.25) is 4.79 Å². The Morgan fingerprint density at radius 3 is 2.58 bits per heavy atom. The van der Waals surface area contributed by atoms with Crippen molar-refractivity contribution in [2.45, 2.75) is 33.2 Å². The highest BCUT2D eigenvalue weighted by molar-refractivity contribution is 9.10. The van der Waals surface area contributed by atoms with E-state index in [2.05, 4.69) is 35.8 Å². The molecule has 0 fully saturated rings. The van der Waals surface area contributed by atoms with E-state index in [4.69, 9.17) is 10.5 Å². The lowest BCUT2D eigenvalue weighted by molar-refractivity contribution is 0.386. The monoisotopic (exact) mass is 413 g/mol. The molecule has 0 amide bonds. The van der Waals surface area contributed by atoms with Gasteiger partial charge in [-0.1, -0.05) is 41.9 Å². The maximum atomic E-state index is 13.3. The first kappa shape index (κ1) is 18.3. The maximum Gasteiger partial charge on any atom is 0.258 e. The lowest BCUT2D eigenvalue weighted by Crippen LogP contribution is -2.33. The van der Waals surface area contributed by atoms with Crippen molar-refractivity contribution in [2.24, 2.45) is 11.7 Å². The summed E-state index contributed by atoms with van der Waals surface area (Å²) in [5.74, 6) is 0.254. The number of aryl methyl sites for hydroxylation is 1. The summed E-state index contributed by atoms with van der Waals surface area (Å²) in [7, 11) is 0. The lowest BCUT2D eigenvalue weighted by atomic mass is 9.84. The molecule has 0 radical (unpaired) electrons. The number of halogens is 1. The SMILES string of the molecule is Cc1cc2c(c(=O)n1CC(C)C)[C@@H](c1ccc(Br)cc1)C(C#N)=C(N)O2. The van der Waals surface area contributed by atoms with Crippen LogP contribution in [-0.4, -0.2) is 4.57 Å². The van der Waals surface area contributed by atoms with Gasteiger partial charge < -0.3 is 15.0 Å². The number of aromatic nitrogens is 1. The van der Waals surface area contributed by atoms with Crippen LogP contribution < -0.4 is 16.0 Å². The number of rotatable bonds is 3. The van der Waals surface area contributed by atoms with E-state index in [1.807, 2.05) is 37.3 Å². The van der Waals surface area contributed by atoms with Crippen molar-refractivity contribution in [3.63, 3.8) is 0 Å². The van der Waals surface area contributed by atoms with E-state index in [0.29, 0.717) is 23.8 Å². The minimum absolute atomic E-state index is 0.0494. The topological polar surface area (TPSA) is 81.0 Å². The summed E-state index contributed by atoms with van der Waals surface area (Å²) in [4.78, 5) is 13.3. The molecule has 0 bridgehead atoms. The fourth-order valence-electron chi connectivity index (χ4n) is 3.27. The molecule has 2 aromatic rings. The van der Waals surface area contributed by atoms with E-state index < -0.39 is 5.92 Å². The quantitative estimate of drug-likeness (QED) is 0.829. The van der Waals surface area contributed by atoms with Crippen molar-refractivity contribution in [2.75, 3.05) is 0 Å². The van der Waals surface area contributed by atoms with Gasteiger partial charge in [-0.25, -0.2) is 0 Å². The molecule has 0 aliphatic carbocycles. The smallest absolute Gasteiger partial charge is 0.258 e. The Bertz CT molecular complexity index is 982. The van der Waals surface area contributed by atoms with Crippen molar-refractivity contribution >= 4 is 15.9 Å². The lowest BCUT2D eigenvalue weighted by Gasteiger charge is -2.27. The molecule has 1 aromatic heterocycles. The van der Waals surface area contributed by atoms with Crippen molar-refractivity contribution < 1.29 is 4.74 Å². The standard InChI is InChI=1S/C20H20BrN3O2/c1-11(2)10-24-12(3)8-16-18(20(24)25)17(15(9-22)19(23)26-16)13-4-6-14(21)7-5-13/h4-8,11,17H,10,23H2,1-3H3/t17-/m0/s1. The second-order valence-electron chi connectivity index (χ2n) is 6.85. The molecule has 1 aliphatic heterocycles. The van der Waals surface area contributed by atoms with Gasteiger partial charge in [-0.15, -0.1) is 0 Å². The molecule has 0 saturated carbocycles. The largest absolute Gasteiger partial charge is 0.440 e. The van der Waals surface area contributed by atoms with Crippen LogP contribution in [0.25, 0.3) is 0 Å². The second-order valence-corrected chi connectivity index (χ2v) is 7.77. The van der Waals surface area contributed by atoms with Crippen LogP contribution >= 0.6 is 15.9 Å². The van der Waals surface area contributed by atoms with Gasteiger partial charge in [0.1, 0.15) is 17.4 Å². The molecule has 1 aliphatic rings. The number of pyridine rings is 1. The van der Waals surface area contributed by atoms with Gasteiger partial charge in [0.15, 0.2) is 0 Å². The average molecular weight is 414 g/mol. The summed E-state index contributed by atoms with van der Waals surface area (Å²) in [6, 6.07) is 11.5. The molecule has 0 unspecified atom stereocenters. The molecule has 2 N–H and O–H groups in total. The van der Waals surface area contributed by atoms with Crippen LogP contribution in [0.4, 0.5) is 0 Å². The van der Waals surface area contributed by atoms with Gasteiger partial charge in [0, 0.05) is 22.8 Å². The predicted molar refractivity (Wildman–Crippen MR) is 104 cm³/mol. The van der Waals surface area contributed by atoms with Gasteiger partial charge >= 0.3 is 0 Å². The number of nitrogens with zero attached hydrogens (tertiary/aromatic N) is 2. The zero-order valence-electron chi connectivity index (χ0n) is 14.9. The van der Waals surface area contributed by atoms with Gasteiger partial charge in [-0.2, -0.15) is 5.26 Å². The first-order valence-corrected chi connectivity index (χ1v) is 9.20. The van der Waals surface area contributed by atoms with Gasteiger partial charge in [0.2, 0.25) is 5.88 Å². The number of fused-ring (bicyclic) bond motifs is 1. The zero-order valence-corrected chi connectivity index (χ0v) is 16.5. The summed E-state index contributed by atoms with van der Waals surface area (Å²) in [6.45, 7) is 6.60. The Balaban J connectivity index is 2.29. The Hall–Kier alpha value is -2.52. The van der Waals surface area contributed by atoms with Crippen LogP contribution in [0.3, 0.4) is 0 Å². The summed E-state index contributed by atoms with van der Waals surface area (Å²) < 4.78 is 8.31. The first-order valence-electron chi connectivity index (χ1n) is 8.40. The van der Waals surface area contributed by atoms with Gasteiger partial charge in [0.25, 0.3) is 5.56 Å². The van der Waals surface area contributed by atoms with Crippen molar-refractivity contribution in [3.8, 4) is 11.8 Å². The number of nitriles is 1. The third-order valence-electron chi connectivity index (χ3n) is 4.44. The van der Waals surface area contributed by atoms with Gasteiger partial charge in [-0.05, 0) is 30.5 Å². The van der Waals surface area contributed by atoms with Crippen LogP contribution in [-0.2, 0) is 6.54 Å². The Morgan fingerprint density at radius 1 is 1.35 bits per heavy atom. The van der Waals surface area contributed by atoms with E-state index in [1.54, 1.807) is 4.57 Å². The van der Waals surface area contributed by atoms with Crippen molar-refractivity contribution in [3.05, 3.63) is 73.4 Å². The minimum atomic E-state index is -0.539. The molecule has 1 atom stereocenters. The molecule has 2 heterocycles. The highest BCUT2D eigenvalue weighted by Gasteiger charge is 2.34. The molecule has 0 spiro atoms. The number of hydrogen-bond donors (Lipinski definition) is 1. The van der Waals surface area contributed by atoms with Crippen LogP contribution in [0.1, 0.15) is 36.6 Å². The number of allylic oxidation sites excluding steroid dienone is 1. The molecule has 26 heavy (non-hydrogen) atoms. The fraction of sp³-hybridized carbons (Fsp3) is 0.300. The highest BCUT2D eigenvalue weighted by atomic mass is 79.9. The number of hydrogen-bond acceptors (Lipinski definition) is 4. The zero-order chi connectivity index (χ0) is 19.0.